The van der Waals surface area contributed by atoms with E-state index in [1.807, 2.05) is 0 Å². The van der Waals surface area contributed by atoms with Gasteiger partial charge in [0.1, 0.15) is 0 Å². The zero-order valence-corrected chi connectivity index (χ0v) is 13.9. The van der Waals surface area contributed by atoms with Crippen LogP contribution >= 0.6 is 0 Å². The number of rotatable bonds is 4. The molecule has 0 saturated carbocycles. The lowest BCUT2D eigenvalue weighted by atomic mass is 10.1. The minimum absolute atomic E-state index is 0.272. The number of nitrogens with zero attached hydrogens (tertiary/aromatic N) is 1. The molecule has 1 saturated heterocycles. The monoisotopic (exact) mass is 333 g/mol. The maximum absolute atomic E-state index is 11.8. The number of hydrogen-bond acceptors (Lipinski definition) is 7. The highest BCUT2D eigenvalue weighted by atomic mass is 16.7. The molecule has 1 aliphatic rings. The van der Waals surface area contributed by atoms with Crippen molar-refractivity contribution in [3.63, 3.8) is 0 Å². The summed E-state index contributed by atoms with van der Waals surface area (Å²) in [5, 5.41) is 2.77. The number of anilines is 2. The normalized spacial score (nSPS) is 16.1. The molecular weight excluding hydrogens is 314 g/mol. The van der Waals surface area contributed by atoms with Crippen LogP contribution in [-0.4, -0.2) is 37.7 Å². The molecule has 0 aromatic heterocycles. The number of cyclic esters (lactones) is 2. The molecule has 0 bridgehead atoms. The van der Waals surface area contributed by atoms with Gasteiger partial charge in [0.05, 0.1) is 5.56 Å². The zero-order chi connectivity index (χ0) is 18.1. The maximum Gasteiger partial charge on any atom is 0.350 e. The number of primary amides is 1. The summed E-state index contributed by atoms with van der Waals surface area (Å²) in [4.78, 5) is 37.0. The van der Waals surface area contributed by atoms with Gasteiger partial charge >= 0.3 is 11.9 Å². The van der Waals surface area contributed by atoms with Crippen LogP contribution in [0.25, 0.3) is 0 Å². The molecule has 0 atom stereocenters. The Morgan fingerprint density at radius 2 is 1.79 bits per heavy atom. The highest BCUT2D eigenvalue weighted by Gasteiger charge is 2.38. The van der Waals surface area contributed by atoms with E-state index in [9.17, 15) is 14.4 Å². The largest absolute Gasteiger partial charge is 0.419 e. The summed E-state index contributed by atoms with van der Waals surface area (Å²) < 4.78 is 9.97. The van der Waals surface area contributed by atoms with Gasteiger partial charge in [0, 0.05) is 45.5 Å². The summed E-state index contributed by atoms with van der Waals surface area (Å²) >= 11 is 0. The maximum atomic E-state index is 11.8. The molecule has 0 spiro atoms. The summed E-state index contributed by atoms with van der Waals surface area (Å²) in [6.45, 7) is 2.93. The van der Waals surface area contributed by atoms with E-state index in [2.05, 4.69) is 5.32 Å². The zero-order valence-electron chi connectivity index (χ0n) is 13.9. The standard InChI is InChI=1S/C16H19N3O5/c1-16(2)23-14(21)11(15(22)24-16)8-18-9-5-6-12(19(3)4)10(7-9)13(17)20/h5-8,18H,1-4H3,(H2,17,20). The fourth-order valence-electron chi connectivity index (χ4n) is 2.15. The minimum atomic E-state index is -1.29. The van der Waals surface area contributed by atoms with Gasteiger partial charge in [-0.05, 0) is 18.2 Å². The summed E-state index contributed by atoms with van der Waals surface area (Å²) in [5.74, 6) is -3.46. The second-order valence-electron chi connectivity index (χ2n) is 5.87. The average molecular weight is 333 g/mol. The van der Waals surface area contributed by atoms with Crippen LogP contribution in [0.5, 0.6) is 0 Å². The quantitative estimate of drug-likeness (QED) is 0.480. The van der Waals surface area contributed by atoms with E-state index in [1.165, 1.54) is 26.1 Å². The molecule has 8 heteroatoms. The molecule has 1 fully saturated rings. The van der Waals surface area contributed by atoms with Crippen LogP contribution in [0.1, 0.15) is 24.2 Å². The van der Waals surface area contributed by atoms with Gasteiger partial charge in [0.2, 0.25) is 0 Å². The highest BCUT2D eigenvalue weighted by molar-refractivity contribution is 6.15. The van der Waals surface area contributed by atoms with Gasteiger partial charge in [-0.15, -0.1) is 0 Å². The first-order valence-electron chi connectivity index (χ1n) is 7.15. The number of nitrogens with two attached hydrogens (primary N) is 1. The Morgan fingerprint density at radius 1 is 1.21 bits per heavy atom. The Morgan fingerprint density at radius 3 is 2.29 bits per heavy atom. The van der Waals surface area contributed by atoms with Gasteiger partial charge in [-0.3, -0.25) is 4.79 Å². The van der Waals surface area contributed by atoms with Gasteiger partial charge < -0.3 is 25.4 Å². The topological polar surface area (TPSA) is 111 Å². The summed E-state index contributed by atoms with van der Waals surface area (Å²) in [7, 11) is 3.57. The number of carbonyl (C=O) groups excluding carboxylic acids is 3. The molecule has 1 aliphatic heterocycles. The number of nitrogens with one attached hydrogen (secondary N) is 1. The van der Waals surface area contributed by atoms with Crippen molar-refractivity contribution >= 4 is 29.2 Å². The smallest absolute Gasteiger partial charge is 0.350 e. The van der Waals surface area contributed by atoms with Crippen molar-refractivity contribution in [3.05, 3.63) is 35.5 Å². The molecule has 1 amide bonds. The molecule has 1 heterocycles. The molecule has 1 aromatic carbocycles. The lowest BCUT2D eigenvalue weighted by molar-refractivity contribution is -0.222. The second-order valence-corrected chi connectivity index (χ2v) is 5.87. The fraction of sp³-hybridized carbons (Fsp3) is 0.312. The van der Waals surface area contributed by atoms with Gasteiger partial charge in [-0.2, -0.15) is 0 Å². The number of amides is 1. The molecule has 1 aromatic rings. The van der Waals surface area contributed by atoms with Crippen molar-refractivity contribution in [3.8, 4) is 0 Å². The van der Waals surface area contributed by atoms with E-state index < -0.39 is 23.6 Å². The average Bonchev–Trinajstić information content (AvgIpc) is 2.44. The highest BCUT2D eigenvalue weighted by Crippen LogP contribution is 2.25. The Labute approximate surface area is 139 Å². The Kier molecular flexibility index (Phi) is 4.50. The SMILES string of the molecule is CN(C)c1ccc(NC=C2C(=O)OC(C)(C)OC2=O)cc1C(N)=O. The second kappa shape index (κ2) is 6.23. The van der Waals surface area contributed by atoms with Gasteiger partial charge in [-0.1, -0.05) is 0 Å². The van der Waals surface area contributed by atoms with Crippen molar-refractivity contribution in [1.29, 1.82) is 0 Å². The van der Waals surface area contributed by atoms with Crippen molar-refractivity contribution in [2.75, 3.05) is 24.3 Å². The van der Waals surface area contributed by atoms with Gasteiger partial charge in [0.25, 0.3) is 11.7 Å². The van der Waals surface area contributed by atoms with E-state index in [-0.39, 0.29) is 5.57 Å². The number of ether oxygens (including phenoxy) is 2. The molecule has 3 N–H and O–H groups in total. The predicted molar refractivity (Wildman–Crippen MR) is 87.3 cm³/mol. The van der Waals surface area contributed by atoms with Crippen molar-refractivity contribution < 1.29 is 23.9 Å². The van der Waals surface area contributed by atoms with Crippen LogP contribution in [0, 0.1) is 0 Å². The van der Waals surface area contributed by atoms with Crippen LogP contribution < -0.4 is 16.0 Å². The number of carbonyl (C=O) groups is 3. The molecule has 0 unspecified atom stereocenters. The first-order chi connectivity index (χ1) is 11.1. The van der Waals surface area contributed by atoms with E-state index in [0.717, 1.165) is 0 Å². The number of benzene rings is 1. The van der Waals surface area contributed by atoms with E-state index >= 15 is 0 Å². The Hall–Kier alpha value is -3.03. The molecule has 8 nitrogen and oxygen atoms in total. The van der Waals surface area contributed by atoms with Crippen LogP contribution in [0.15, 0.2) is 30.0 Å². The molecule has 0 radical (unpaired) electrons. The molecule has 128 valence electrons. The van der Waals surface area contributed by atoms with Crippen LogP contribution in [0.2, 0.25) is 0 Å². The van der Waals surface area contributed by atoms with Gasteiger partial charge in [0.15, 0.2) is 5.57 Å². The van der Waals surface area contributed by atoms with E-state index in [1.54, 1.807) is 31.1 Å². The Bertz CT molecular complexity index is 715. The van der Waals surface area contributed by atoms with Crippen LogP contribution in [0.4, 0.5) is 11.4 Å². The van der Waals surface area contributed by atoms with E-state index in [0.29, 0.717) is 16.9 Å². The third-order valence-corrected chi connectivity index (χ3v) is 3.24. The number of esters is 2. The predicted octanol–water partition coefficient (Wildman–Crippen LogP) is 0.983. The van der Waals surface area contributed by atoms with Crippen LogP contribution in [0.3, 0.4) is 0 Å². The molecular formula is C16H19N3O5. The van der Waals surface area contributed by atoms with Crippen LogP contribution in [-0.2, 0) is 19.1 Å². The lowest BCUT2D eigenvalue weighted by Gasteiger charge is -2.29. The molecule has 0 aliphatic carbocycles. The summed E-state index contributed by atoms with van der Waals surface area (Å²) in [6, 6.07) is 4.90. The van der Waals surface area contributed by atoms with Crippen molar-refractivity contribution in [1.82, 2.24) is 0 Å². The Balaban J connectivity index is 2.26. The third-order valence-electron chi connectivity index (χ3n) is 3.24. The minimum Gasteiger partial charge on any atom is -0.419 e. The third kappa shape index (κ3) is 3.65. The lowest BCUT2D eigenvalue weighted by Crippen LogP contribution is -2.42. The van der Waals surface area contributed by atoms with Crippen molar-refractivity contribution in [2.24, 2.45) is 5.73 Å². The molecule has 2 rings (SSSR count). The summed E-state index contributed by atoms with van der Waals surface area (Å²) in [6.07, 6.45) is 1.18. The first-order valence-corrected chi connectivity index (χ1v) is 7.15. The fourth-order valence-corrected chi connectivity index (χ4v) is 2.15. The first kappa shape index (κ1) is 17.3. The summed E-state index contributed by atoms with van der Waals surface area (Å²) in [5.41, 5.74) is 6.54. The van der Waals surface area contributed by atoms with E-state index in [4.69, 9.17) is 15.2 Å². The van der Waals surface area contributed by atoms with Gasteiger partial charge in [-0.25, -0.2) is 9.59 Å². The molecule has 24 heavy (non-hydrogen) atoms. The van der Waals surface area contributed by atoms with Crippen molar-refractivity contribution in [2.45, 2.75) is 19.6 Å². The number of hydrogen-bond donors (Lipinski definition) is 2.